The number of urea groups is 1. The van der Waals surface area contributed by atoms with Crippen molar-refractivity contribution in [2.75, 3.05) is 12.4 Å². The molecule has 0 spiro atoms. The third-order valence-corrected chi connectivity index (χ3v) is 4.05. The van der Waals surface area contributed by atoms with Crippen molar-refractivity contribution in [3.8, 4) is 5.88 Å². The number of benzene rings is 1. The predicted octanol–water partition coefficient (Wildman–Crippen LogP) is 4.02. The van der Waals surface area contributed by atoms with Crippen LogP contribution in [0.2, 0.25) is 0 Å². The number of carbonyl (C=O) groups excluding carboxylic acids is 1. The minimum Gasteiger partial charge on any atom is -0.481 e. The van der Waals surface area contributed by atoms with E-state index >= 15 is 0 Å². The molecular weight excluding hydrogens is 328 g/mol. The highest BCUT2D eigenvalue weighted by molar-refractivity contribution is 5.92. The molecule has 2 heterocycles. The number of fused-ring (bicyclic) bond motifs is 1. The molecule has 0 aliphatic carbocycles. The average molecular weight is 352 g/mol. The fraction of sp³-hybridized carbons (Fsp3) is 0.300. The Hall–Kier alpha value is -3.02. The topological polar surface area (TPSA) is 68.2 Å². The quantitative estimate of drug-likeness (QED) is 0.704. The lowest BCUT2D eigenvalue weighted by atomic mass is 10.2. The van der Waals surface area contributed by atoms with Gasteiger partial charge in [-0.3, -0.25) is 0 Å². The number of rotatable bonds is 6. The van der Waals surface area contributed by atoms with Crippen LogP contribution in [0.3, 0.4) is 0 Å². The van der Waals surface area contributed by atoms with E-state index in [9.17, 15) is 4.79 Å². The second kappa shape index (κ2) is 7.91. The summed E-state index contributed by atoms with van der Waals surface area (Å²) in [6, 6.07) is 11.4. The Morgan fingerprint density at radius 3 is 2.85 bits per heavy atom. The number of pyridine rings is 1. The van der Waals surface area contributed by atoms with Gasteiger partial charge in [-0.2, -0.15) is 0 Å². The Morgan fingerprint density at radius 1 is 1.23 bits per heavy atom. The van der Waals surface area contributed by atoms with E-state index in [2.05, 4.69) is 46.3 Å². The molecule has 136 valence electrons. The molecule has 3 aromatic rings. The van der Waals surface area contributed by atoms with Gasteiger partial charge in [-0.25, -0.2) is 9.78 Å². The third-order valence-electron chi connectivity index (χ3n) is 4.05. The van der Waals surface area contributed by atoms with Gasteiger partial charge in [-0.05, 0) is 41.8 Å². The normalized spacial score (nSPS) is 10.9. The summed E-state index contributed by atoms with van der Waals surface area (Å²) in [7, 11) is 1.57. The van der Waals surface area contributed by atoms with Gasteiger partial charge in [-0.15, -0.1) is 0 Å². The summed E-state index contributed by atoms with van der Waals surface area (Å²) in [6.07, 6.45) is 3.74. The number of nitrogens with zero attached hydrogens (tertiary/aromatic N) is 2. The molecular formula is C20H24N4O2. The molecule has 0 radical (unpaired) electrons. The fourth-order valence-corrected chi connectivity index (χ4v) is 2.86. The zero-order chi connectivity index (χ0) is 18.5. The van der Waals surface area contributed by atoms with Gasteiger partial charge in [0, 0.05) is 48.1 Å². The van der Waals surface area contributed by atoms with Crippen LogP contribution in [-0.2, 0) is 13.1 Å². The van der Waals surface area contributed by atoms with Gasteiger partial charge in [0.15, 0.2) is 0 Å². The molecule has 0 unspecified atom stereocenters. The maximum absolute atomic E-state index is 12.2. The number of aromatic nitrogens is 2. The Labute approximate surface area is 153 Å². The molecule has 0 saturated heterocycles. The molecule has 6 nitrogen and oxygen atoms in total. The van der Waals surface area contributed by atoms with Crippen molar-refractivity contribution in [3.05, 3.63) is 54.4 Å². The van der Waals surface area contributed by atoms with Gasteiger partial charge in [0.2, 0.25) is 5.88 Å². The Balaban J connectivity index is 1.61. The van der Waals surface area contributed by atoms with E-state index in [1.54, 1.807) is 19.4 Å². The summed E-state index contributed by atoms with van der Waals surface area (Å²) < 4.78 is 7.32. The molecule has 2 amide bonds. The average Bonchev–Trinajstić information content (AvgIpc) is 3.01. The number of anilines is 1. The molecule has 26 heavy (non-hydrogen) atoms. The molecule has 0 aliphatic rings. The lowest BCUT2D eigenvalue weighted by molar-refractivity contribution is 0.251. The van der Waals surface area contributed by atoms with Crippen LogP contribution in [0.1, 0.15) is 19.4 Å². The van der Waals surface area contributed by atoms with Gasteiger partial charge in [-0.1, -0.05) is 13.8 Å². The van der Waals surface area contributed by atoms with Crippen LogP contribution in [0.15, 0.2) is 48.8 Å². The van der Waals surface area contributed by atoms with Crippen LogP contribution in [0.4, 0.5) is 10.5 Å². The first kappa shape index (κ1) is 17.8. The fourth-order valence-electron chi connectivity index (χ4n) is 2.86. The standard InChI is InChI=1S/C20H24N4O2/c1-14(2)13-24-9-7-16-11-17(4-5-18(16)24)23-20(25)22-12-15-6-8-21-19(10-15)26-3/h4-11,14H,12-13H2,1-3H3,(H2,22,23,25). The van der Waals surface area contributed by atoms with Crippen molar-refractivity contribution in [2.24, 2.45) is 5.92 Å². The van der Waals surface area contributed by atoms with Crippen LogP contribution in [0.25, 0.3) is 10.9 Å². The van der Waals surface area contributed by atoms with E-state index in [1.807, 2.05) is 24.3 Å². The Kier molecular flexibility index (Phi) is 5.41. The molecule has 0 fully saturated rings. The summed E-state index contributed by atoms with van der Waals surface area (Å²) >= 11 is 0. The lowest BCUT2D eigenvalue weighted by Gasteiger charge is -2.10. The molecule has 0 atom stereocenters. The van der Waals surface area contributed by atoms with Gasteiger partial charge in [0.25, 0.3) is 0 Å². The number of ether oxygens (including phenoxy) is 1. The first-order valence-corrected chi connectivity index (χ1v) is 8.68. The van der Waals surface area contributed by atoms with E-state index in [0.29, 0.717) is 18.3 Å². The largest absolute Gasteiger partial charge is 0.481 e. The minimum absolute atomic E-state index is 0.248. The first-order valence-electron chi connectivity index (χ1n) is 8.68. The smallest absolute Gasteiger partial charge is 0.319 e. The van der Waals surface area contributed by atoms with E-state index in [1.165, 1.54) is 5.52 Å². The summed E-state index contributed by atoms with van der Waals surface area (Å²) in [5.74, 6) is 1.11. The lowest BCUT2D eigenvalue weighted by Crippen LogP contribution is -2.28. The van der Waals surface area contributed by atoms with E-state index in [4.69, 9.17) is 4.74 Å². The number of carbonyl (C=O) groups is 1. The number of hydrogen-bond donors (Lipinski definition) is 2. The van der Waals surface area contributed by atoms with Crippen LogP contribution in [0.5, 0.6) is 5.88 Å². The van der Waals surface area contributed by atoms with Crippen LogP contribution in [0, 0.1) is 5.92 Å². The number of methoxy groups -OCH3 is 1. The predicted molar refractivity (Wildman–Crippen MR) is 103 cm³/mol. The molecule has 0 saturated carbocycles. The third kappa shape index (κ3) is 4.33. The van der Waals surface area contributed by atoms with E-state index < -0.39 is 0 Å². The highest BCUT2D eigenvalue weighted by Crippen LogP contribution is 2.21. The summed E-state index contributed by atoms with van der Waals surface area (Å²) in [4.78, 5) is 16.2. The van der Waals surface area contributed by atoms with Gasteiger partial charge in [0.1, 0.15) is 0 Å². The zero-order valence-corrected chi connectivity index (χ0v) is 15.3. The molecule has 2 N–H and O–H groups in total. The van der Waals surface area contributed by atoms with Crippen molar-refractivity contribution < 1.29 is 9.53 Å². The SMILES string of the molecule is COc1cc(CNC(=O)Nc2ccc3c(ccn3CC(C)C)c2)ccn1. The van der Waals surface area contributed by atoms with Crippen LogP contribution in [-0.4, -0.2) is 22.7 Å². The van der Waals surface area contributed by atoms with Crippen LogP contribution < -0.4 is 15.4 Å². The summed E-state index contributed by atoms with van der Waals surface area (Å²) in [5, 5.41) is 6.83. The Bertz CT molecular complexity index is 902. The number of hydrogen-bond acceptors (Lipinski definition) is 3. The van der Waals surface area contributed by atoms with Gasteiger partial charge < -0.3 is 19.9 Å². The first-order chi connectivity index (χ1) is 12.5. The highest BCUT2D eigenvalue weighted by Gasteiger charge is 2.07. The number of amides is 2. The minimum atomic E-state index is -0.248. The maximum Gasteiger partial charge on any atom is 0.319 e. The second-order valence-corrected chi connectivity index (χ2v) is 6.65. The van der Waals surface area contributed by atoms with Crippen LogP contribution >= 0.6 is 0 Å². The van der Waals surface area contributed by atoms with Gasteiger partial charge >= 0.3 is 6.03 Å². The van der Waals surface area contributed by atoms with Crippen molar-refractivity contribution in [1.29, 1.82) is 0 Å². The van der Waals surface area contributed by atoms with Crippen molar-refractivity contribution in [2.45, 2.75) is 26.9 Å². The Morgan fingerprint density at radius 2 is 2.08 bits per heavy atom. The highest BCUT2D eigenvalue weighted by atomic mass is 16.5. The molecule has 0 aliphatic heterocycles. The van der Waals surface area contributed by atoms with Crippen molar-refractivity contribution in [1.82, 2.24) is 14.9 Å². The molecule has 1 aromatic carbocycles. The number of nitrogens with one attached hydrogen (secondary N) is 2. The van der Waals surface area contributed by atoms with Gasteiger partial charge in [0.05, 0.1) is 7.11 Å². The van der Waals surface area contributed by atoms with Crippen molar-refractivity contribution in [3.63, 3.8) is 0 Å². The summed E-state index contributed by atoms with van der Waals surface area (Å²) in [5.41, 5.74) is 2.87. The molecule has 3 rings (SSSR count). The second-order valence-electron chi connectivity index (χ2n) is 6.65. The molecule has 0 bridgehead atoms. The monoisotopic (exact) mass is 352 g/mol. The maximum atomic E-state index is 12.2. The molecule has 6 heteroatoms. The molecule has 2 aromatic heterocycles. The van der Waals surface area contributed by atoms with E-state index in [-0.39, 0.29) is 6.03 Å². The van der Waals surface area contributed by atoms with E-state index in [0.717, 1.165) is 23.2 Å². The van der Waals surface area contributed by atoms with Crippen molar-refractivity contribution >= 4 is 22.6 Å². The zero-order valence-electron chi connectivity index (χ0n) is 15.3. The summed E-state index contributed by atoms with van der Waals surface area (Å²) in [6.45, 7) is 5.78.